The molecule has 0 spiro atoms. The molecule has 1 aliphatic rings. The minimum Gasteiger partial charge on any atom is -0.456 e. The molecule has 0 aromatic heterocycles. The maximum Gasteiger partial charge on any atom is 0.324 e. The summed E-state index contributed by atoms with van der Waals surface area (Å²) in [7, 11) is -4.00. The fraction of sp³-hybridized carbons (Fsp3) is 0.333. The molecule has 0 aliphatic carbocycles. The first-order valence-corrected chi connectivity index (χ1v) is 12.2. The molecule has 0 saturated carbocycles. The van der Waals surface area contributed by atoms with Crippen molar-refractivity contribution >= 4 is 39.2 Å². The predicted molar refractivity (Wildman–Crippen MR) is 124 cm³/mol. The Morgan fingerprint density at radius 2 is 1.56 bits per heavy atom. The molecule has 3 rings (SSSR count). The lowest BCUT2D eigenvalue weighted by Crippen LogP contribution is -2.48. The second kappa shape index (κ2) is 10.7. The van der Waals surface area contributed by atoms with Gasteiger partial charge in [-0.15, -0.1) is 0 Å². The van der Waals surface area contributed by atoms with Crippen LogP contribution in [-0.4, -0.2) is 55.4 Å². The van der Waals surface area contributed by atoms with E-state index >= 15 is 0 Å². The summed E-state index contributed by atoms with van der Waals surface area (Å²) in [6.07, 6.45) is 1.52. The van der Waals surface area contributed by atoms with E-state index < -0.39 is 34.4 Å². The third kappa shape index (κ3) is 5.95. The number of nitrogens with zero attached hydrogens (tertiary/aromatic N) is 1. The fourth-order valence-corrected chi connectivity index (χ4v) is 5.33. The van der Waals surface area contributed by atoms with Crippen molar-refractivity contribution in [2.45, 2.75) is 44.0 Å². The number of rotatable bonds is 8. The molecule has 10 heteroatoms. The van der Waals surface area contributed by atoms with Crippen molar-refractivity contribution in [2.75, 3.05) is 18.5 Å². The maximum absolute atomic E-state index is 13.2. The van der Waals surface area contributed by atoms with Gasteiger partial charge < -0.3 is 10.1 Å². The zero-order chi connectivity index (χ0) is 24.9. The maximum atomic E-state index is 13.2. The predicted octanol–water partition coefficient (Wildman–Crippen LogP) is 2.82. The van der Waals surface area contributed by atoms with E-state index in [0.29, 0.717) is 29.7 Å². The van der Waals surface area contributed by atoms with Crippen molar-refractivity contribution < 1.29 is 32.3 Å². The molecule has 1 amide bonds. The lowest BCUT2D eigenvalue weighted by Gasteiger charge is -2.33. The Kier molecular flexibility index (Phi) is 7.95. The highest BCUT2D eigenvalue weighted by molar-refractivity contribution is 7.89. The van der Waals surface area contributed by atoms with E-state index in [2.05, 4.69) is 5.32 Å². The van der Waals surface area contributed by atoms with E-state index in [0.717, 1.165) is 4.31 Å². The van der Waals surface area contributed by atoms with Gasteiger partial charge in [0.1, 0.15) is 6.04 Å². The topological polar surface area (TPSA) is 127 Å². The van der Waals surface area contributed by atoms with Crippen molar-refractivity contribution in [3.05, 3.63) is 59.7 Å². The van der Waals surface area contributed by atoms with Gasteiger partial charge in [0.15, 0.2) is 18.2 Å². The molecule has 1 saturated heterocycles. The molecule has 2 aromatic carbocycles. The molecule has 1 N–H and O–H groups in total. The molecule has 0 radical (unpaired) electrons. The van der Waals surface area contributed by atoms with Crippen LogP contribution in [0.1, 0.15) is 53.8 Å². The Labute approximate surface area is 198 Å². The van der Waals surface area contributed by atoms with Crippen LogP contribution in [0.15, 0.2) is 53.4 Å². The van der Waals surface area contributed by atoms with Gasteiger partial charge in [0.2, 0.25) is 15.9 Å². The van der Waals surface area contributed by atoms with Gasteiger partial charge in [-0.05, 0) is 62.6 Å². The number of nitrogens with one attached hydrogen (secondary N) is 1. The number of benzene rings is 2. The van der Waals surface area contributed by atoms with E-state index in [4.69, 9.17) is 4.74 Å². The van der Waals surface area contributed by atoms with Crippen LogP contribution in [0.2, 0.25) is 0 Å². The third-order valence-electron chi connectivity index (χ3n) is 5.47. The molecular formula is C24H26N2O7S. The monoisotopic (exact) mass is 486 g/mol. The number of sulfonamides is 1. The highest BCUT2D eigenvalue weighted by Gasteiger charge is 2.38. The molecule has 1 aliphatic heterocycles. The number of piperidine rings is 1. The smallest absolute Gasteiger partial charge is 0.324 e. The Balaban J connectivity index is 1.68. The molecule has 0 bridgehead atoms. The summed E-state index contributed by atoms with van der Waals surface area (Å²) in [4.78, 5) is 47.7. The molecule has 9 nitrogen and oxygen atoms in total. The number of ether oxygens (including phenoxy) is 1. The first-order chi connectivity index (χ1) is 16.1. The third-order valence-corrected chi connectivity index (χ3v) is 7.39. The zero-order valence-corrected chi connectivity index (χ0v) is 19.8. The Morgan fingerprint density at radius 1 is 0.941 bits per heavy atom. The molecule has 2 aromatic rings. The van der Waals surface area contributed by atoms with Crippen LogP contribution in [0.4, 0.5) is 5.69 Å². The van der Waals surface area contributed by atoms with Gasteiger partial charge in [-0.25, -0.2) is 8.42 Å². The second-order valence-corrected chi connectivity index (χ2v) is 9.89. The summed E-state index contributed by atoms with van der Waals surface area (Å²) in [5, 5.41) is 2.59. The van der Waals surface area contributed by atoms with Gasteiger partial charge in [-0.3, -0.25) is 19.2 Å². The lowest BCUT2D eigenvalue weighted by atomic mass is 10.1. The van der Waals surface area contributed by atoms with Crippen LogP contribution in [0, 0.1) is 0 Å². The second-order valence-electron chi connectivity index (χ2n) is 8.00. The number of carbonyl (C=O) groups excluding carboxylic acids is 4. The molecule has 34 heavy (non-hydrogen) atoms. The molecule has 1 fully saturated rings. The van der Waals surface area contributed by atoms with Gasteiger partial charge in [0.25, 0.3) is 0 Å². The van der Waals surface area contributed by atoms with E-state index in [1.54, 1.807) is 12.1 Å². The number of esters is 1. The number of carbonyl (C=O) groups is 4. The van der Waals surface area contributed by atoms with Crippen molar-refractivity contribution in [3.63, 3.8) is 0 Å². The Bertz CT molecular complexity index is 1190. The number of Topliss-reactive ketones (excluding diaryl/α,β-unsaturated/α-hetero) is 2. The number of hydrogen-bond acceptors (Lipinski definition) is 7. The highest BCUT2D eigenvalue weighted by Crippen LogP contribution is 2.26. The summed E-state index contributed by atoms with van der Waals surface area (Å²) in [5.41, 5.74) is 1.21. The van der Waals surface area contributed by atoms with E-state index in [9.17, 15) is 27.6 Å². The SMILES string of the molecule is CC(=O)Nc1ccc(C(=O)COC(=O)C2CCCCN2S(=O)(=O)c2ccc(C(C)=O)cc2)cc1. The normalized spacial score (nSPS) is 16.5. The van der Waals surface area contributed by atoms with E-state index in [1.807, 2.05) is 0 Å². The summed E-state index contributed by atoms with van der Waals surface area (Å²) >= 11 is 0. The average molecular weight is 487 g/mol. The largest absolute Gasteiger partial charge is 0.456 e. The standard InChI is InChI=1S/C24H26N2O7S/c1-16(27)18-8-12-21(13-9-18)34(31,32)26-14-4-3-5-22(26)24(30)33-15-23(29)19-6-10-20(11-7-19)25-17(2)28/h6-13,22H,3-5,14-15H2,1-2H3,(H,25,28). The van der Waals surface area contributed by atoms with Crippen molar-refractivity contribution in [2.24, 2.45) is 0 Å². The molecule has 180 valence electrons. The quantitative estimate of drug-likeness (QED) is 0.449. The van der Waals surface area contributed by atoms with Gasteiger partial charge in [-0.1, -0.05) is 12.1 Å². The van der Waals surface area contributed by atoms with Gasteiger partial charge in [0, 0.05) is 30.3 Å². The van der Waals surface area contributed by atoms with Gasteiger partial charge in [0.05, 0.1) is 4.90 Å². The summed E-state index contributed by atoms with van der Waals surface area (Å²) < 4.78 is 32.7. The van der Waals surface area contributed by atoms with Gasteiger partial charge >= 0.3 is 5.97 Å². The summed E-state index contributed by atoms with van der Waals surface area (Å²) in [6.45, 7) is 2.37. The van der Waals surface area contributed by atoms with Crippen LogP contribution in [-0.2, 0) is 24.3 Å². The van der Waals surface area contributed by atoms with Crippen LogP contribution in [0.25, 0.3) is 0 Å². The summed E-state index contributed by atoms with van der Waals surface area (Å²) in [5.74, 6) is -1.66. The molecular weight excluding hydrogens is 460 g/mol. The first kappa shape index (κ1) is 25.3. The average Bonchev–Trinajstić information content (AvgIpc) is 2.82. The van der Waals surface area contributed by atoms with Crippen molar-refractivity contribution in [1.82, 2.24) is 4.31 Å². The van der Waals surface area contributed by atoms with Crippen LogP contribution in [0.5, 0.6) is 0 Å². The van der Waals surface area contributed by atoms with E-state index in [-0.39, 0.29) is 29.6 Å². The zero-order valence-electron chi connectivity index (χ0n) is 18.9. The lowest BCUT2D eigenvalue weighted by molar-refractivity contribution is -0.148. The highest BCUT2D eigenvalue weighted by atomic mass is 32.2. The molecule has 1 atom stereocenters. The summed E-state index contributed by atoms with van der Waals surface area (Å²) in [6, 6.07) is 10.6. The number of amides is 1. The van der Waals surface area contributed by atoms with Crippen LogP contribution in [0.3, 0.4) is 0 Å². The number of hydrogen-bond donors (Lipinski definition) is 1. The first-order valence-electron chi connectivity index (χ1n) is 10.8. The van der Waals surface area contributed by atoms with Crippen molar-refractivity contribution in [3.8, 4) is 0 Å². The Hall–Kier alpha value is -3.37. The molecule has 1 heterocycles. The fourth-order valence-electron chi connectivity index (χ4n) is 3.68. The minimum atomic E-state index is -4.00. The van der Waals surface area contributed by atoms with Gasteiger partial charge in [-0.2, -0.15) is 4.31 Å². The van der Waals surface area contributed by atoms with Crippen LogP contribution >= 0.6 is 0 Å². The van der Waals surface area contributed by atoms with Crippen molar-refractivity contribution in [1.29, 1.82) is 0 Å². The molecule has 1 unspecified atom stereocenters. The Morgan fingerprint density at radius 3 is 2.15 bits per heavy atom. The minimum absolute atomic E-state index is 0.0208. The van der Waals surface area contributed by atoms with Crippen LogP contribution < -0.4 is 5.32 Å². The van der Waals surface area contributed by atoms with E-state index in [1.165, 1.54) is 50.2 Å². The number of ketones is 2. The number of anilines is 1.